The first-order valence-electron chi connectivity index (χ1n) is 13.5. The number of hydrogen-bond donors (Lipinski definition) is 1. The van der Waals surface area contributed by atoms with Gasteiger partial charge < -0.3 is 0 Å². The van der Waals surface area contributed by atoms with Crippen LogP contribution < -0.4 is 5.32 Å². The number of Topliss-reactive ketones (excluding diaryl/α,β-unsaturated/α-hetero) is 2. The molecule has 0 bridgehead atoms. The number of carbonyl (C=O) groups is 2. The topological polar surface area (TPSA) is 46.2 Å². The third-order valence-corrected chi connectivity index (χ3v) is 9.92. The maximum absolute atomic E-state index is 15.1. The van der Waals surface area contributed by atoms with Gasteiger partial charge in [-0.3, -0.25) is 14.9 Å². The Morgan fingerprint density at radius 1 is 0.846 bits per heavy atom. The minimum atomic E-state index is -1.20. The molecule has 1 saturated carbocycles. The van der Waals surface area contributed by atoms with Crippen LogP contribution in [0.2, 0.25) is 10.0 Å². The van der Waals surface area contributed by atoms with E-state index in [0.717, 1.165) is 33.9 Å². The summed E-state index contributed by atoms with van der Waals surface area (Å²) in [5.74, 6) is -0.321. The second-order valence-electron chi connectivity index (χ2n) is 11.1. The van der Waals surface area contributed by atoms with E-state index in [0.29, 0.717) is 34.0 Å². The largest absolute Gasteiger partial charge is 0.297 e. The molecule has 5 heteroatoms. The minimum Gasteiger partial charge on any atom is -0.297 e. The van der Waals surface area contributed by atoms with E-state index in [1.165, 1.54) is 0 Å². The van der Waals surface area contributed by atoms with E-state index in [-0.39, 0.29) is 23.5 Å². The summed E-state index contributed by atoms with van der Waals surface area (Å²) in [7, 11) is 0. The van der Waals surface area contributed by atoms with Gasteiger partial charge in [-0.15, -0.1) is 0 Å². The summed E-state index contributed by atoms with van der Waals surface area (Å²) in [6.45, 7) is 2.08. The molecule has 39 heavy (non-hydrogen) atoms. The van der Waals surface area contributed by atoms with E-state index in [9.17, 15) is 4.79 Å². The summed E-state index contributed by atoms with van der Waals surface area (Å²) in [6, 6.07) is 27.1. The molecule has 3 aliphatic rings. The van der Waals surface area contributed by atoms with Crippen LogP contribution in [-0.4, -0.2) is 17.6 Å². The molecule has 1 N–H and O–H groups in total. The van der Waals surface area contributed by atoms with Crippen molar-refractivity contribution >= 4 is 51.6 Å². The Kier molecular flexibility index (Phi) is 5.65. The first-order valence-corrected chi connectivity index (χ1v) is 14.2. The molecule has 4 aromatic rings. The second-order valence-corrected chi connectivity index (χ2v) is 11.9. The van der Waals surface area contributed by atoms with Crippen LogP contribution in [0.5, 0.6) is 0 Å². The van der Waals surface area contributed by atoms with Crippen LogP contribution in [0.15, 0.2) is 90.5 Å². The average molecular weight is 553 g/mol. The Hall–Kier alpha value is -3.24. The summed E-state index contributed by atoms with van der Waals surface area (Å²) in [6.07, 6.45) is 3.92. The average Bonchev–Trinajstić information content (AvgIpc) is 3.34. The first-order chi connectivity index (χ1) is 18.9. The van der Waals surface area contributed by atoms with Crippen molar-refractivity contribution in [3.05, 3.63) is 123 Å². The lowest BCUT2D eigenvalue weighted by Crippen LogP contribution is -2.59. The predicted molar refractivity (Wildman–Crippen MR) is 157 cm³/mol. The molecule has 7 rings (SSSR count). The molecule has 1 heterocycles. The number of halogens is 2. The van der Waals surface area contributed by atoms with Crippen molar-refractivity contribution in [3.63, 3.8) is 0 Å². The number of rotatable bonds is 2. The summed E-state index contributed by atoms with van der Waals surface area (Å²) < 4.78 is 0. The van der Waals surface area contributed by atoms with Crippen molar-refractivity contribution in [1.82, 2.24) is 5.32 Å². The maximum atomic E-state index is 15.1. The van der Waals surface area contributed by atoms with Crippen LogP contribution in [0, 0.1) is 5.41 Å². The molecule has 1 saturated heterocycles. The number of ketones is 2. The monoisotopic (exact) mass is 551 g/mol. The number of carbonyl (C=O) groups excluding carboxylic acids is 2. The number of hydrogen-bond acceptors (Lipinski definition) is 3. The lowest BCUT2D eigenvalue weighted by Gasteiger charge is -2.48. The fourth-order valence-corrected chi connectivity index (χ4v) is 8.32. The highest BCUT2D eigenvalue weighted by atomic mass is 35.5. The molecule has 194 valence electrons. The second kappa shape index (κ2) is 8.89. The van der Waals surface area contributed by atoms with Gasteiger partial charge in [0.05, 0.1) is 5.41 Å². The zero-order chi connectivity index (χ0) is 26.9. The van der Waals surface area contributed by atoms with Crippen molar-refractivity contribution < 1.29 is 9.59 Å². The van der Waals surface area contributed by atoms with Crippen molar-refractivity contribution in [1.29, 1.82) is 0 Å². The molecule has 2 aliphatic carbocycles. The van der Waals surface area contributed by atoms with E-state index in [1.807, 2.05) is 91.0 Å². The van der Waals surface area contributed by atoms with E-state index in [4.69, 9.17) is 23.2 Å². The molecule has 2 spiro atoms. The molecule has 3 nitrogen and oxygen atoms in total. The molecule has 0 radical (unpaired) electrons. The van der Waals surface area contributed by atoms with Gasteiger partial charge >= 0.3 is 0 Å². The van der Waals surface area contributed by atoms with Crippen LogP contribution >= 0.6 is 23.2 Å². The molecule has 0 aromatic heterocycles. The van der Waals surface area contributed by atoms with Crippen molar-refractivity contribution in [2.24, 2.45) is 5.41 Å². The number of nitrogens with one attached hydrogen (secondary N) is 1. The van der Waals surface area contributed by atoms with Gasteiger partial charge in [0.25, 0.3) is 0 Å². The Bertz CT molecular complexity index is 1720. The van der Waals surface area contributed by atoms with Gasteiger partial charge in [0, 0.05) is 27.6 Å². The van der Waals surface area contributed by atoms with Crippen molar-refractivity contribution in [2.45, 2.75) is 43.7 Å². The fraction of sp³-hybridized carbons (Fsp3) is 0.235. The van der Waals surface area contributed by atoms with Gasteiger partial charge in [-0.1, -0.05) is 96.0 Å². The van der Waals surface area contributed by atoms with E-state index < -0.39 is 11.0 Å². The summed E-state index contributed by atoms with van der Waals surface area (Å²) >= 11 is 13.4. The Labute approximate surface area is 237 Å². The van der Waals surface area contributed by atoms with Gasteiger partial charge in [0.15, 0.2) is 11.6 Å². The standard InChI is InChI=1S/C34H27Cl2NO2/c1-20-30(24-13-3-5-17-28(24)36)33(18-8-12-23(31(33)38)19-22-9-2-4-16-27(22)35)34(37-20)26-15-7-11-21-10-6-14-25(29(21)26)32(34)39/h2-7,9-11,13-17,19-20,30,37H,8,12,18H2,1H3/b23-19+/t20?,30-,33+,34+/m1/s1. The van der Waals surface area contributed by atoms with Crippen LogP contribution in [0.1, 0.15) is 59.2 Å². The quantitative estimate of drug-likeness (QED) is 0.256. The highest BCUT2D eigenvalue weighted by molar-refractivity contribution is 6.32. The molecule has 4 aromatic carbocycles. The summed E-state index contributed by atoms with van der Waals surface area (Å²) in [4.78, 5) is 29.9. The fourth-order valence-electron chi connectivity index (χ4n) is 7.87. The first kappa shape index (κ1) is 24.8. The predicted octanol–water partition coefficient (Wildman–Crippen LogP) is 8.14. The Morgan fingerprint density at radius 3 is 2.33 bits per heavy atom. The maximum Gasteiger partial charge on any atom is 0.189 e. The normalized spacial score (nSPS) is 28.8. The number of allylic oxidation sites excluding steroid dienone is 1. The van der Waals surface area contributed by atoms with Crippen molar-refractivity contribution in [2.75, 3.05) is 0 Å². The van der Waals surface area contributed by atoms with Crippen molar-refractivity contribution in [3.8, 4) is 0 Å². The molecule has 0 amide bonds. The van der Waals surface area contributed by atoms with Gasteiger partial charge in [0.2, 0.25) is 0 Å². The molecular formula is C34H27Cl2NO2. The van der Waals surface area contributed by atoms with Gasteiger partial charge in [-0.2, -0.15) is 0 Å². The zero-order valence-corrected chi connectivity index (χ0v) is 23.0. The third-order valence-electron chi connectivity index (χ3n) is 9.23. The van der Waals surface area contributed by atoms with Gasteiger partial charge in [-0.25, -0.2) is 0 Å². The van der Waals surface area contributed by atoms with E-state index in [1.54, 1.807) is 0 Å². The number of fused-ring (bicyclic) bond motifs is 2. The Balaban J connectivity index is 1.54. The Morgan fingerprint density at radius 2 is 1.56 bits per heavy atom. The SMILES string of the molecule is CC1N[C@@]2(C(=O)c3cccc4cccc2c34)[C@@]2(CCC/C(=C\c3ccccc3Cl)C2=O)[C@H]1c1ccccc1Cl. The van der Waals surface area contributed by atoms with Crippen LogP contribution in [-0.2, 0) is 10.3 Å². The number of benzene rings is 4. The summed E-state index contributed by atoms with van der Waals surface area (Å²) in [5, 5.41) is 6.93. The molecule has 1 unspecified atom stereocenters. The zero-order valence-electron chi connectivity index (χ0n) is 21.5. The molecular weight excluding hydrogens is 525 g/mol. The lowest BCUT2D eigenvalue weighted by atomic mass is 9.52. The minimum absolute atomic E-state index is 0.00796. The van der Waals surface area contributed by atoms with Crippen LogP contribution in [0.4, 0.5) is 0 Å². The third kappa shape index (κ3) is 3.21. The van der Waals surface area contributed by atoms with E-state index in [2.05, 4.69) is 12.2 Å². The molecule has 1 aliphatic heterocycles. The highest BCUT2D eigenvalue weighted by Gasteiger charge is 2.73. The smallest absolute Gasteiger partial charge is 0.189 e. The highest BCUT2D eigenvalue weighted by Crippen LogP contribution is 2.66. The van der Waals surface area contributed by atoms with E-state index >= 15 is 4.79 Å². The molecule has 4 atom stereocenters. The molecule has 2 fully saturated rings. The van der Waals surface area contributed by atoms with Gasteiger partial charge in [0.1, 0.15) is 5.54 Å². The summed E-state index contributed by atoms with van der Waals surface area (Å²) in [5.41, 5.74) is 1.73. The van der Waals surface area contributed by atoms with Crippen LogP contribution in [0.3, 0.4) is 0 Å². The van der Waals surface area contributed by atoms with Crippen LogP contribution in [0.25, 0.3) is 16.8 Å². The lowest BCUT2D eigenvalue weighted by molar-refractivity contribution is -0.130. The van der Waals surface area contributed by atoms with Gasteiger partial charge in [-0.05, 0) is 77.4 Å².